The third-order valence-corrected chi connectivity index (χ3v) is 6.88. The lowest BCUT2D eigenvalue weighted by molar-refractivity contribution is 0.346. The molecule has 178 valence electrons. The van der Waals surface area contributed by atoms with Crippen LogP contribution in [0.15, 0.2) is 18.2 Å². The number of rotatable bonds is 14. The maximum Gasteiger partial charge on any atom is 0.214 e. The largest absolute Gasteiger partial charge is 0.493 e. The number of fused-ring (bicyclic) bond motifs is 2. The summed E-state index contributed by atoms with van der Waals surface area (Å²) in [5.74, 6) is 0.0588. The molecule has 3 aromatic rings. The summed E-state index contributed by atoms with van der Waals surface area (Å²) in [6.45, 7) is 4.46. The highest BCUT2D eigenvalue weighted by molar-refractivity contribution is 6.36. The second kappa shape index (κ2) is 12.8. The van der Waals surface area contributed by atoms with Crippen LogP contribution >= 0.6 is 11.6 Å². The van der Waals surface area contributed by atoms with Gasteiger partial charge in [0.15, 0.2) is 5.65 Å². The van der Waals surface area contributed by atoms with E-state index in [4.69, 9.17) is 16.6 Å². The van der Waals surface area contributed by atoms with Crippen molar-refractivity contribution in [2.75, 3.05) is 0 Å². The van der Waals surface area contributed by atoms with Crippen LogP contribution in [-0.2, 0) is 0 Å². The lowest BCUT2D eigenvalue weighted by Gasteiger charge is -2.20. The fourth-order valence-electron chi connectivity index (χ4n) is 4.63. The summed E-state index contributed by atoms with van der Waals surface area (Å²) in [5.41, 5.74) is 2.99. The van der Waals surface area contributed by atoms with E-state index in [9.17, 15) is 10.4 Å². The van der Waals surface area contributed by atoms with E-state index in [0.29, 0.717) is 27.8 Å². The topological polar surface area (TPSA) is 74.7 Å². The average Bonchev–Trinajstić information content (AvgIpc) is 3.07. The molecule has 1 unspecified atom stereocenters. The fraction of sp³-hybridized carbons (Fsp3) is 0.593. The van der Waals surface area contributed by atoms with Crippen LogP contribution in [0, 0.1) is 11.3 Å². The summed E-state index contributed by atoms with van der Waals surface area (Å²) in [7, 11) is 0. The van der Waals surface area contributed by atoms with Gasteiger partial charge in [-0.3, -0.25) is 4.57 Å². The van der Waals surface area contributed by atoms with E-state index < -0.39 is 0 Å². The molecular formula is C27H37ClN4O. The molecule has 33 heavy (non-hydrogen) atoms. The molecule has 0 radical (unpaired) electrons. The number of aromatic hydroxyl groups is 1. The molecule has 0 aliphatic rings. The molecule has 0 saturated carbocycles. The number of benzene rings is 1. The average molecular weight is 469 g/mol. The summed E-state index contributed by atoms with van der Waals surface area (Å²) in [6, 6.07) is 7.56. The number of halogens is 1. The molecule has 2 aromatic heterocycles. The fourth-order valence-corrected chi connectivity index (χ4v) is 4.85. The number of nitriles is 1. The van der Waals surface area contributed by atoms with Crippen molar-refractivity contribution < 1.29 is 5.11 Å². The Morgan fingerprint density at radius 1 is 0.909 bits per heavy atom. The van der Waals surface area contributed by atoms with Crippen LogP contribution in [0.4, 0.5) is 0 Å². The van der Waals surface area contributed by atoms with E-state index in [1.807, 2.05) is 10.6 Å². The Bertz CT molecular complexity index is 1090. The third-order valence-electron chi connectivity index (χ3n) is 6.53. The lowest BCUT2D eigenvalue weighted by Crippen LogP contribution is -2.10. The van der Waals surface area contributed by atoms with Gasteiger partial charge in [0.2, 0.25) is 5.88 Å². The molecule has 0 aliphatic carbocycles. The number of unbranched alkanes of at least 4 members (excludes halogenated alkanes) is 9. The molecule has 0 spiro atoms. The van der Waals surface area contributed by atoms with Gasteiger partial charge in [0.05, 0.1) is 22.7 Å². The molecule has 0 fully saturated rings. The van der Waals surface area contributed by atoms with Crippen molar-refractivity contribution in [2.45, 2.75) is 103 Å². The third kappa shape index (κ3) is 6.38. The molecule has 1 N–H and O–H groups in total. The van der Waals surface area contributed by atoms with Crippen molar-refractivity contribution in [1.29, 1.82) is 5.26 Å². The maximum atomic E-state index is 11.0. The Balaban J connectivity index is 1.81. The summed E-state index contributed by atoms with van der Waals surface area (Å²) in [5, 5.41) is 20.4. The Morgan fingerprint density at radius 3 is 2.18 bits per heavy atom. The van der Waals surface area contributed by atoms with Gasteiger partial charge in [0, 0.05) is 6.04 Å². The van der Waals surface area contributed by atoms with Gasteiger partial charge in [-0.15, -0.1) is 0 Å². The second-order valence-corrected chi connectivity index (χ2v) is 9.51. The molecule has 0 aliphatic heterocycles. The van der Waals surface area contributed by atoms with Crippen molar-refractivity contribution in [2.24, 2.45) is 0 Å². The van der Waals surface area contributed by atoms with Crippen molar-refractivity contribution in [3.63, 3.8) is 0 Å². The van der Waals surface area contributed by atoms with Crippen LogP contribution in [0.25, 0.3) is 22.2 Å². The highest BCUT2D eigenvalue weighted by Gasteiger charge is 2.24. The summed E-state index contributed by atoms with van der Waals surface area (Å²) < 4.78 is 1.92. The van der Waals surface area contributed by atoms with E-state index in [-0.39, 0.29) is 16.9 Å². The molecule has 0 saturated heterocycles. The first kappa shape index (κ1) is 25.3. The zero-order valence-corrected chi connectivity index (χ0v) is 20.9. The standard InChI is InChI=1S/C27H37ClN4O/c1-3-5-7-8-9-10-11-13-15-21(14-12-6-4-2)32-26-25(24(28)27(32)33)30-23-18-20(19-29)16-17-22(23)31-26/h16-18,21,33H,3-15H2,1-2H3. The van der Waals surface area contributed by atoms with Gasteiger partial charge >= 0.3 is 0 Å². The van der Waals surface area contributed by atoms with E-state index in [0.717, 1.165) is 32.1 Å². The van der Waals surface area contributed by atoms with Gasteiger partial charge in [0.25, 0.3) is 0 Å². The Kier molecular flexibility index (Phi) is 9.81. The summed E-state index contributed by atoms with van der Waals surface area (Å²) in [6.07, 6.45) is 15.7. The van der Waals surface area contributed by atoms with E-state index in [1.54, 1.807) is 12.1 Å². The summed E-state index contributed by atoms with van der Waals surface area (Å²) in [4.78, 5) is 9.48. The number of aromatic nitrogens is 3. The predicted molar refractivity (Wildman–Crippen MR) is 137 cm³/mol. The first-order valence-electron chi connectivity index (χ1n) is 12.7. The molecule has 2 heterocycles. The molecule has 5 nitrogen and oxygen atoms in total. The van der Waals surface area contributed by atoms with Crippen molar-refractivity contribution in [3.05, 3.63) is 28.8 Å². The minimum atomic E-state index is 0.0588. The van der Waals surface area contributed by atoms with Crippen molar-refractivity contribution in [3.8, 4) is 11.9 Å². The SMILES string of the molecule is CCCCCCCCCCC(CCCCC)n1c(O)c(Cl)c2nc3cc(C#N)ccc3nc21. The lowest BCUT2D eigenvalue weighted by atomic mass is 10.0. The minimum absolute atomic E-state index is 0.0588. The van der Waals surface area contributed by atoms with Gasteiger partial charge in [-0.25, -0.2) is 9.97 Å². The Labute approximate surface area is 202 Å². The molecule has 0 amide bonds. The zero-order valence-electron chi connectivity index (χ0n) is 20.1. The van der Waals surface area contributed by atoms with E-state index in [1.165, 1.54) is 51.4 Å². The summed E-state index contributed by atoms with van der Waals surface area (Å²) >= 11 is 6.53. The predicted octanol–water partition coefficient (Wildman–Crippen LogP) is 8.47. The number of nitrogens with zero attached hydrogens (tertiary/aromatic N) is 4. The Hall–Kier alpha value is -2.32. The quantitative estimate of drug-likeness (QED) is 0.241. The molecule has 1 aromatic carbocycles. The molecular weight excluding hydrogens is 432 g/mol. The van der Waals surface area contributed by atoms with Crippen LogP contribution in [0.3, 0.4) is 0 Å². The number of hydrogen-bond donors (Lipinski definition) is 1. The molecule has 1 atom stereocenters. The van der Waals surface area contributed by atoms with Crippen LogP contribution < -0.4 is 0 Å². The van der Waals surface area contributed by atoms with Crippen molar-refractivity contribution >= 4 is 33.8 Å². The normalized spacial score (nSPS) is 12.4. The van der Waals surface area contributed by atoms with E-state index >= 15 is 0 Å². The minimum Gasteiger partial charge on any atom is -0.493 e. The van der Waals surface area contributed by atoms with Crippen LogP contribution in [0.1, 0.15) is 109 Å². The zero-order chi connectivity index (χ0) is 23.6. The van der Waals surface area contributed by atoms with Crippen molar-refractivity contribution in [1.82, 2.24) is 14.5 Å². The molecule has 6 heteroatoms. The molecule has 0 bridgehead atoms. The maximum absolute atomic E-state index is 11.0. The van der Waals surface area contributed by atoms with Gasteiger partial charge in [0.1, 0.15) is 10.5 Å². The Morgan fingerprint density at radius 2 is 1.52 bits per heavy atom. The first-order valence-corrected chi connectivity index (χ1v) is 13.1. The van der Waals surface area contributed by atoms with Crippen LogP contribution in [0.5, 0.6) is 5.88 Å². The van der Waals surface area contributed by atoms with Crippen LogP contribution in [0.2, 0.25) is 5.02 Å². The van der Waals surface area contributed by atoms with Gasteiger partial charge in [-0.05, 0) is 31.0 Å². The molecule has 3 rings (SSSR count). The van der Waals surface area contributed by atoms with Gasteiger partial charge < -0.3 is 5.11 Å². The van der Waals surface area contributed by atoms with Crippen LogP contribution in [-0.4, -0.2) is 19.6 Å². The number of hydrogen-bond acceptors (Lipinski definition) is 4. The second-order valence-electron chi connectivity index (χ2n) is 9.13. The van der Waals surface area contributed by atoms with E-state index in [2.05, 4.69) is 24.9 Å². The highest BCUT2D eigenvalue weighted by Crippen LogP contribution is 2.40. The highest BCUT2D eigenvalue weighted by atomic mass is 35.5. The smallest absolute Gasteiger partial charge is 0.214 e. The van der Waals surface area contributed by atoms with Gasteiger partial charge in [-0.2, -0.15) is 5.26 Å². The monoisotopic (exact) mass is 468 g/mol. The van der Waals surface area contributed by atoms with Gasteiger partial charge in [-0.1, -0.05) is 96.1 Å². The first-order chi connectivity index (χ1) is 16.1.